The third-order valence-electron chi connectivity index (χ3n) is 3.83. The van der Waals surface area contributed by atoms with Crippen molar-refractivity contribution in [3.05, 3.63) is 35.0 Å². The Hall–Kier alpha value is -1.81. The van der Waals surface area contributed by atoms with Crippen molar-refractivity contribution in [1.29, 1.82) is 0 Å². The Bertz CT molecular complexity index is 703. The minimum atomic E-state index is -0.936. The largest absolute Gasteiger partial charge is 0.481 e. The van der Waals surface area contributed by atoms with Gasteiger partial charge in [0.1, 0.15) is 0 Å². The van der Waals surface area contributed by atoms with Crippen molar-refractivity contribution in [2.75, 3.05) is 0 Å². The summed E-state index contributed by atoms with van der Waals surface area (Å²) in [5.74, 6) is -1.57. The van der Waals surface area contributed by atoms with Gasteiger partial charge in [0.15, 0.2) is 11.4 Å². The summed E-state index contributed by atoms with van der Waals surface area (Å²) in [6, 6.07) is 4.95. The van der Waals surface area contributed by atoms with Crippen molar-refractivity contribution in [3.8, 4) is 0 Å². The minimum Gasteiger partial charge on any atom is -0.481 e. The van der Waals surface area contributed by atoms with E-state index in [1.54, 1.807) is 19.1 Å². The molecule has 0 saturated heterocycles. The molecule has 3 rings (SSSR count). The van der Waals surface area contributed by atoms with E-state index in [-0.39, 0.29) is 5.78 Å². The molecule has 2 unspecified atom stereocenters. The number of halogens is 1. The van der Waals surface area contributed by atoms with E-state index >= 15 is 0 Å². The van der Waals surface area contributed by atoms with Crippen LogP contribution in [0.15, 0.2) is 28.9 Å². The lowest BCUT2D eigenvalue weighted by Gasteiger charge is -2.05. The molecule has 1 N–H and O–H groups in total. The van der Waals surface area contributed by atoms with Gasteiger partial charge in [0, 0.05) is 16.9 Å². The quantitative estimate of drug-likeness (QED) is 0.874. The van der Waals surface area contributed by atoms with Crippen LogP contribution in [0.5, 0.6) is 0 Å². The highest BCUT2D eigenvalue weighted by atomic mass is 35.5. The third-order valence-corrected chi connectivity index (χ3v) is 4.11. The summed E-state index contributed by atoms with van der Waals surface area (Å²) < 4.78 is 5.20. The number of carbonyl (C=O) groups excluding carboxylic acids is 1. The number of hydrogen-bond donors (Lipinski definition) is 1. The number of benzene rings is 1. The van der Waals surface area contributed by atoms with Crippen LogP contribution < -0.4 is 0 Å². The lowest BCUT2D eigenvalue weighted by atomic mass is 9.99. The van der Waals surface area contributed by atoms with Gasteiger partial charge in [-0.25, -0.2) is 0 Å². The molecule has 1 heterocycles. The average Bonchev–Trinajstić information content (AvgIpc) is 2.85. The first kappa shape index (κ1) is 12.2. The zero-order chi connectivity index (χ0) is 13.8. The number of hydrogen-bond acceptors (Lipinski definition) is 3. The highest BCUT2D eigenvalue weighted by Crippen LogP contribution is 2.54. The normalized spacial score (nSPS) is 25.5. The fourth-order valence-corrected chi connectivity index (χ4v) is 2.64. The summed E-state index contributed by atoms with van der Waals surface area (Å²) in [4.78, 5) is 23.4. The van der Waals surface area contributed by atoms with Crippen LogP contribution in [0.4, 0.5) is 0 Å². The second-order valence-corrected chi connectivity index (χ2v) is 5.55. The van der Waals surface area contributed by atoms with Gasteiger partial charge in [-0.05, 0) is 31.5 Å². The summed E-state index contributed by atoms with van der Waals surface area (Å²) in [7, 11) is 0. The van der Waals surface area contributed by atoms with E-state index in [1.165, 1.54) is 12.3 Å². The molecule has 0 amide bonds. The lowest BCUT2D eigenvalue weighted by molar-refractivity contribution is -0.143. The van der Waals surface area contributed by atoms with Crippen molar-refractivity contribution in [2.45, 2.75) is 13.3 Å². The number of furan rings is 1. The molecule has 0 bridgehead atoms. The van der Waals surface area contributed by atoms with Gasteiger partial charge in [-0.15, -0.1) is 0 Å². The molecular weight excluding hydrogens is 268 g/mol. The van der Waals surface area contributed by atoms with Crippen LogP contribution in [-0.2, 0) is 4.79 Å². The molecule has 0 radical (unpaired) electrons. The molecule has 19 heavy (non-hydrogen) atoms. The van der Waals surface area contributed by atoms with Gasteiger partial charge in [-0.1, -0.05) is 11.6 Å². The molecule has 1 aromatic carbocycles. The molecule has 0 spiro atoms. The Morgan fingerprint density at radius 2 is 2.21 bits per heavy atom. The van der Waals surface area contributed by atoms with E-state index in [1.807, 2.05) is 0 Å². The molecule has 2 aromatic rings. The number of carboxylic acids is 1. The Balaban J connectivity index is 1.97. The van der Waals surface area contributed by atoms with Crippen molar-refractivity contribution >= 4 is 34.3 Å². The van der Waals surface area contributed by atoms with E-state index < -0.39 is 17.3 Å². The summed E-state index contributed by atoms with van der Waals surface area (Å²) in [5.41, 5.74) is 0.0402. The van der Waals surface area contributed by atoms with Gasteiger partial charge >= 0.3 is 5.97 Å². The second kappa shape index (κ2) is 3.84. The number of aliphatic carboxylic acids is 1. The molecule has 1 aliphatic carbocycles. The highest BCUT2D eigenvalue weighted by molar-refractivity contribution is 6.35. The van der Waals surface area contributed by atoms with Crippen LogP contribution in [-0.4, -0.2) is 16.9 Å². The van der Waals surface area contributed by atoms with Crippen LogP contribution in [0.1, 0.15) is 23.7 Å². The number of carbonyl (C=O) groups is 2. The molecule has 5 heteroatoms. The lowest BCUT2D eigenvalue weighted by Crippen LogP contribution is -2.17. The van der Waals surface area contributed by atoms with Gasteiger partial charge in [-0.3, -0.25) is 9.59 Å². The molecule has 1 saturated carbocycles. The SMILES string of the molecule is CC1(C(=O)O)CC1C(=O)c1cc(Cl)c2occc2c1. The second-order valence-electron chi connectivity index (χ2n) is 5.14. The van der Waals surface area contributed by atoms with E-state index in [0.29, 0.717) is 22.6 Å². The predicted molar refractivity (Wildman–Crippen MR) is 69.4 cm³/mol. The van der Waals surface area contributed by atoms with Crippen LogP contribution in [0.25, 0.3) is 11.0 Å². The Kier molecular flexibility index (Phi) is 2.47. The van der Waals surface area contributed by atoms with E-state index in [9.17, 15) is 9.59 Å². The van der Waals surface area contributed by atoms with Crippen molar-refractivity contribution in [2.24, 2.45) is 11.3 Å². The predicted octanol–water partition coefficient (Wildman–Crippen LogP) is 3.38. The van der Waals surface area contributed by atoms with Gasteiger partial charge in [0.25, 0.3) is 0 Å². The number of rotatable bonds is 3. The first-order chi connectivity index (χ1) is 8.93. The van der Waals surface area contributed by atoms with Gasteiger partial charge < -0.3 is 9.52 Å². The molecule has 1 fully saturated rings. The number of Topliss-reactive ketones (excluding diaryl/α,β-unsaturated/α-hetero) is 1. The van der Waals surface area contributed by atoms with Gasteiger partial charge in [0.05, 0.1) is 16.7 Å². The Morgan fingerprint density at radius 1 is 1.47 bits per heavy atom. The van der Waals surface area contributed by atoms with Crippen LogP contribution in [0.3, 0.4) is 0 Å². The number of fused-ring (bicyclic) bond motifs is 1. The molecule has 98 valence electrons. The van der Waals surface area contributed by atoms with Crippen molar-refractivity contribution in [3.63, 3.8) is 0 Å². The maximum atomic E-state index is 12.3. The number of carboxylic acid groups (broad SMARTS) is 1. The maximum Gasteiger partial charge on any atom is 0.310 e. The molecule has 1 aromatic heterocycles. The van der Waals surface area contributed by atoms with Crippen molar-refractivity contribution < 1.29 is 19.1 Å². The molecular formula is C14H11ClO4. The standard InChI is InChI=1S/C14H11ClO4/c1-14(13(17)18)6-9(14)11(16)8-4-7-2-3-19-12(7)10(15)5-8/h2-5,9H,6H2,1H3,(H,17,18). The fourth-order valence-electron chi connectivity index (χ4n) is 2.37. The zero-order valence-electron chi connectivity index (χ0n) is 10.1. The van der Waals surface area contributed by atoms with Crippen LogP contribution >= 0.6 is 11.6 Å². The summed E-state index contributed by atoms with van der Waals surface area (Å²) >= 11 is 6.04. The smallest absolute Gasteiger partial charge is 0.310 e. The first-order valence-electron chi connectivity index (χ1n) is 5.88. The molecule has 2 atom stereocenters. The van der Waals surface area contributed by atoms with E-state index in [4.69, 9.17) is 21.1 Å². The van der Waals surface area contributed by atoms with E-state index in [0.717, 1.165) is 5.39 Å². The summed E-state index contributed by atoms with van der Waals surface area (Å²) in [6.07, 6.45) is 1.88. The van der Waals surface area contributed by atoms with Crippen LogP contribution in [0, 0.1) is 11.3 Å². The highest BCUT2D eigenvalue weighted by Gasteiger charge is 2.60. The summed E-state index contributed by atoms with van der Waals surface area (Å²) in [6.45, 7) is 1.59. The number of ketones is 1. The maximum absolute atomic E-state index is 12.3. The third kappa shape index (κ3) is 1.75. The summed E-state index contributed by atoms with van der Waals surface area (Å²) in [5, 5.41) is 10.2. The minimum absolute atomic E-state index is 0.171. The Morgan fingerprint density at radius 3 is 2.84 bits per heavy atom. The van der Waals surface area contributed by atoms with Crippen LogP contribution in [0.2, 0.25) is 5.02 Å². The average molecular weight is 279 g/mol. The zero-order valence-corrected chi connectivity index (χ0v) is 10.9. The van der Waals surface area contributed by atoms with E-state index in [2.05, 4.69) is 0 Å². The van der Waals surface area contributed by atoms with Gasteiger partial charge in [-0.2, -0.15) is 0 Å². The Labute approximate surface area is 114 Å². The monoisotopic (exact) mass is 278 g/mol. The molecule has 0 aliphatic heterocycles. The van der Waals surface area contributed by atoms with Gasteiger partial charge in [0.2, 0.25) is 0 Å². The van der Waals surface area contributed by atoms with Crippen molar-refractivity contribution in [1.82, 2.24) is 0 Å². The topological polar surface area (TPSA) is 67.5 Å². The molecule has 1 aliphatic rings. The fraction of sp³-hybridized carbons (Fsp3) is 0.286. The molecule has 4 nitrogen and oxygen atoms in total. The first-order valence-corrected chi connectivity index (χ1v) is 6.25.